The summed E-state index contributed by atoms with van der Waals surface area (Å²) in [5, 5.41) is 0. The fraction of sp³-hybridized carbons (Fsp3) is 0.172. The minimum Gasteiger partial charge on any atom is -0.292 e. The number of benzene rings is 4. The molecule has 0 aromatic heterocycles. The summed E-state index contributed by atoms with van der Waals surface area (Å²) < 4.78 is 2.25. The monoisotopic (exact) mass is 545 g/mol. The minimum absolute atomic E-state index is 0.295. The molecule has 0 aliphatic carbocycles. The van der Waals surface area contributed by atoms with Gasteiger partial charge in [0.15, 0.2) is 0 Å². The van der Waals surface area contributed by atoms with Crippen molar-refractivity contribution in [3.63, 3.8) is 0 Å². The first-order valence-electron chi connectivity index (χ1n) is 11.0. The van der Waals surface area contributed by atoms with Gasteiger partial charge in [-0.1, -0.05) is 117 Å². The molecule has 1 fully saturated rings. The Morgan fingerprint density at radius 2 is 0.938 bits per heavy atom. The summed E-state index contributed by atoms with van der Waals surface area (Å²) in [6.07, 6.45) is 0. The van der Waals surface area contributed by atoms with Gasteiger partial charge in [-0.2, -0.15) is 0 Å². The van der Waals surface area contributed by atoms with Gasteiger partial charge >= 0.3 is 0 Å². The zero-order valence-electron chi connectivity index (χ0n) is 17.7. The van der Waals surface area contributed by atoms with E-state index in [1.807, 2.05) is 0 Å². The quantitative estimate of drug-likeness (QED) is 0.236. The molecular formula is C29H25Br2N. The first-order valence-corrected chi connectivity index (χ1v) is 12.6. The average molecular weight is 547 g/mol. The van der Waals surface area contributed by atoms with E-state index in [1.165, 1.54) is 22.3 Å². The SMILES string of the molecule is Brc1ccc(C(c2ccc(Br)cc2)C2CN(C(c3ccccc3)c3ccccc3)C2)cc1. The van der Waals surface area contributed by atoms with Gasteiger partial charge < -0.3 is 0 Å². The number of rotatable bonds is 6. The number of halogens is 2. The third kappa shape index (κ3) is 4.61. The van der Waals surface area contributed by atoms with Crippen LogP contribution < -0.4 is 0 Å². The van der Waals surface area contributed by atoms with Gasteiger partial charge in [0.25, 0.3) is 0 Å². The summed E-state index contributed by atoms with van der Waals surface area (Å²) >= 11 is 7.19. The highest BCUT2D eigenvalue weighted by atomic mass is 79.9. The molecule has 3 heteroatoms. The summed E-state index contributed by atoms with van der Waals surface area (Å²) in [6, 6.07) is 39.8. The minimum atomic E-state index is 0.295. The number of likely N-dealkylation sites (tertiary alicyclic amines) is 1. The molecule has 1 heterocycles. The molecule has 0 bridgehead atoms. The van der Waals surface area contributed by atoms with E-state index >= 15 is 0 Å². The molecule has 1 aliphatic rings. The van der Waals surface area contributed by atoms with E-state index in [9.17, 15) is 0 Å². The molecule has 160 valence electrons. The van der Waals surface area contributed by atoms with Gasteiger partial charge in [0.05, 0.1) is 6.04 Å². The van der Waals surface area contributed by atoms with Gasteiger partial charge in [-0.05, 0) is 52.4 Å². The van der Waals surface area contributed by atoms with Crippen molar-refractivity contribution in [2.45, 2.75) is 12.0 Å². The molecule has 4 aromatic rings. The highest BCUT2D eigenvalue weighted by molar-refractivity contribution is 9.10. The van der Waals surface area contributed by atoms with E-state index < -0.39 is 0 Å². The Bertz CT molecular complexity index is 1050. The highest BCUT2D eigenvalue weighted by Gasteiger charge is 2.39. The lowest BCUT2D eigenvalue weighted by Crippen LogP contribution is -2.51. The van der Waals surface area contributed by atoms with Gasteiger partial charge in [-0.3, -0.25) is 4.90 Å². The standard InChI is InChI=1S/C29H25Br2N/c30-26-15-11-21(12-16-26)28(22-13-17-27(31)18-14-22)25-19-32(20-25)29(23-7-3-1-4-8-23)24-9-5-2-6-10-24/h1-18,25,28-29H,19-20H2. The molecule has 0 spiro atoms. The predicted molar refractivity (Wildman–Crippen MR) is 140 cm³/mol. The zero-order valence-corrected chi connectivity index (χ0v) is 20.9. The van der Waals surface area contributed by atoms with Gasteiger partial charge in [-0.25, -0.2) is 0 Å². The van der Waals surface area contributed by atoms with Crippen LogP contribution in [0.4, 0.5) is 0 Å². The van der Waals surface area contributed by atoms with Crippen LogP contribution in [-0.4, -0.2) is 18.0 Å². The van der Waals surface area contributed by atoms with Crippen LogP contribution in [0.3, 0.4) is 0 Å². The molecule has 4 aromatic carbocycles. The maximum Gasteiger partial charge on any atom is 0.0602 e. The average Bonchev–Trinajstić information content (AvgIpc) is 2.81. The van der Waals surface area contributed by atoms with E-state index in [4.69, 9.17) is 0 Å². The second-order valence-electron chi connectivity index (χ2n) is 8.52. The van der Waals surface area contributed by atoms with Crippen LogP contribution in [0.15, 0.2) is 118 Å². The molecular weight excluding hydrogens is 522 g/mol. The topological polar surface area (TPSA) is 3.24 Å². The van der Waals surface area contributed by atoms with E-state index in [0.29, 0.717) is 17.9 Å². The summed E-state index contributed by atoms with van der Waals surface area (Å²) in [7, 11) is 0. The Morgan fingerprint density at radius 1 is 0.531 bits per heavy atom. The summed E-state index contributed by atoms with van der Waals surface area (Å²) in [4.78, 5) is 2.63. The largest absolute Gasteiger partial charge is 0.292 e. The van der Waals surface area contributed by atoms with Crippen LogP contribution in [-0.2, 0) is 0 Å². The van der Waals surface area contributed by atoms with Crippen LogP contribution in [0, 0.1) is 5.92 Å². The Balaban J connectivity index is 1.44. The fourth-order valence-corrected chi connectivity index (χ4v) is 5.46. The van der Waals surface area contributed by atoms with Crippen LogP contribution in [0.25, 0.3) is 0 Å². The predicted octanol–water partition coefficient (Wildman–Crippen LogP) is 8.06. The summed E-state index contributed by atoms with van der Waals surface area (Å²) in [5.41, 5.74) is 5.49. The van der Waals surface area contributed by atoms with E-state index in [-0.39, 0.29) is 0 Å². The van der Waals surface area contributed by atoms with Crippen molar-refractivity contribution >= 4 is 31.9 Å². The van der Waals surface area contributed by atoms with Gasteiger partial charge in [0.1, 0.15) is 0 Å². The molecule has 32 heavy (non-hydrogen) atoms. The van der Waals surface area contributed by atoms with E-state index in [2.05, 4.69) is 146 Å². The Labute approximate surface area is 207 Å². The lowest BCUT2D eigenvalue weighted by Gasteiger charge is -2.48. The molecule has 1 nitrogen and oxygen atoms in total. The van der Waals surface area contributed by atoms with Gasteiger partial charge in [-0.15, -0.1) is 0 Å². The number of hydrogen-bond donors (Lipinski definition) is 0. The third-order valence-electron chi connectivity index (χ3n) is 6.46. The van der Waals surface area contributed by atoms with Crippen molar-refractivity contribution in [1.29, 1.82) is 0 Å². The smallest absolute Gasteiger partial charge is 0.0602 e. The Hall–Kier alpha value is -2.20. The maximum atomic E-state index is 3.59. The van der Waals surface area contributed by atoms with Crippen molar-refractivity contribution in [1.82, 2.24) is 4.90 Å². The van der Waals surface area contributed by atoms with Crippen molar-refractivity contribution in [3.05, 3.63) is 140 Å². The van der Waals surface area contributed by atoms with Crippen LogP contribution >= 0.6 is 31.9 Å². The van der Waals surface area contributed by atoms with Crippen LogP contribution in [0.1, 0.15) is 34.2 Å². The van der Waals surface area contributed by atoms with Gasteiger partial charge in [0, 0.05) is 28.0 Å². The molecule has 1 aliphatic heterocycles. The van der Waals surface area contributed by atoms with E-state index in [1.54, 1.807) is 0 Å². The van der Waals surface area contributed by atoms with E-state index in [0.717, 1.165) is 22.0 Å². The molecule has 0 N–H and O–H groups in total. The lowest BCUT2D eigenvalue weighted by atomic mass is 9.75. The van der Waals surface area contributed by atoms with Crippen molar-refractivity contribution in [2.75, 3.05) is 13.1 Å². The molecule has 5 rings (SSSR count). The lowest BCUT2D eigenvalue weighted by molar-refractivity contribution is 0.0589. The Kier molecular flexibility index (Phi) is 6.59. The van der Waals surface area contributed by atoms with Crippen LogP contribution in [0.5, 0.6) is 0 Å². The third-order valence-corrected chi connectivity index (χ3v) is 7.52. The normalized spacial score (nSPS) is 14.6. The number of nitrogens with zero attached hydrogens (tertiary/aromatic N) is 1. The highest BCUT2D eigenvalue weighted by Crippen LogP contribution is 2.42. The molecule has 0 amide bonds. The first kappa shape index (κ1) is 21.6. The summed E-state index contributed by atoms with van der Waals surface area (Å²) in [6.45, 7) is 2.15. The molecule has 0 saturated carbocycles. The first-order chi connectivity index (χ1) is 15.7. The maximum absolute atomic E-state index is 3.59. The van der Waals surface area contributed by atoms with Crippen molar-refractivity contribution < 1.29 is 0 Å². The zero-order chi connectivity index (χ0) is 21.9. The summed E-state index contributed by atoms with van der Waals surface area (Å²) in [5.74, 6) is 0.965. The molecule has 1 saturated heterocycles. The molecule has 0 radical (unpaired) electrons. The Morgan fingerprint density at radius 3 is 1.34 bits per heavy atom. The second-order valence-corrected chi connectivity index (χ2v) is 10.4. The fourth-order valence-electron chi connectivity index (χ4n) is 4.93. The van der Waals surface area contributed by atoms with Crippen LogP contribution in [0.2, 0.25) is 0 Å². The van der Waals surface area contributed by atoms with Crippen molar-refractivity contribution in [2.24, 2.45) is 5.92 Å². The van der Waals surface area contributed by atoms with Gasteiger partial charge in [0.2, 0.25) is 0 Å². The second kappa shape index (κ2) is 9.74. The molecule has 0 atom stereocenters. The number of hydrogen-bond acceptors (Lipinski definition) is 1. The van der Waals surface area contributed by atoms with Crippen molar-refractivity contribution in [3.8, 4) is 0 Å². The molecule has 0 unspecified atom stereocenters.